The van der Waals surface area contributed by atoms with Gasteiger partial charge in [-0.25, -0.2) is 0 Å². The van der Waals surface area contributed by atoms with Crippen molar-refractivity contribution in [3.05, 3.63) is 80.7 Å². The lowest BCUT2D eigenvalue weighted by Gasteiger charge is -2.24. The van der Waals surface area contributed by atoms with Crippen LogP contribution < -0.4 is 14.2 Å². The Morgan fingerprint density at radius 2 is 1.67 bits per heavy atom. The number of ether oxygens (including phenoxy) is 3. The summed E-state index contributed by atoms with van der Waals surface area (Å²) in [7, 11) is 4.29. The van der Waals surface area contributed by atoms with Gasteiger partial charge in [0.2, 0.25) is 0 Å². The zero-order chi connectivity index (χ0) is 26.1. The van der Waals surface area contributed by atoms with Gasteiger partial charge in [-0.05, 0) is 42.8 Å². The van der Waals surface area contributed by atoms with Crippen LogP contribution in [-0.2, 0) is 16.1 Å². The molecule has 1 aliphatic rings. The number of halogens is 2. The first-order valence-electron chi connectivity index (χ1n) is 10.8. The van der Waals surface area contributed by atoms with Gasteiger partial charge in [-0.2, -0.15) is 0 Å². The number of aliphatic hydroxyl groups is 1. The Morgan fingerprint density at radius 3 is 2.22 bits per heavy atom. The molecule has 10 heteroatoms. The smallest absolute Gasteiger partial charge is 0.296 e. The Morgan fingerprint density at radius 1 is 1.00 bits per heavy atom. The van der Waals surface area contributed by atoms with Gasteiger partial charge in [0.15, 0.2) is 11.5 Å². The number of ketones is 1. The number of benzene rings is 2. The number of furan rings is 1. The highest BCUT2D eigenvalue weighted by Gasteiger charge is 2.48. The van der Waals surface area contributed by atoms with Gasteiger partial charge in [-0.3, -0.25) is 9.59 Å². The number of rotatable bonds is 7. The summed E-state index contributed by atoms with van der Waals surface area (Å²) in [5, 5.41) is 11.5. The maximum atomic E-state index is 13.3. The molecule has 1 aliphatic heterocycles. The van der Waals surface area contributed by atoms with E-state index in [0.717, 1.165) is 5.56 Å². The van der Waals surface area contributed by atoms with Gasteiger partial charge >= 0.3 is 0 Å². The van der Waals surface area contributed by atoms with Crippen molar-refractivity contribution in [2.24, 2.45) is 0 Å². The van der Waals surface area contributed by atoms with Gasteiger partial charge < -0.3 is 28.6 Å². The standard InChI is InChI=1S/C26H23Cl2NO7/c1-13-5-10-18(36-13)21-19(22(30)16-11-17(27)25(35-4)20(28)24(16)34-3)23(31)26(32)29(21)12-14-6-8-15(33-2)9-7-14/h5-11,21,30H,12H2,1-4H3/b22-19+. The molecule has 1 aromatic heterocycles. The van der Waals surface area contributed by atoms with E-state index < -0.39 is 23.5 Å². The second-order valence-electron chi connectivity index (χ2n) is 8.01. The molecule has 0 radical (unpaired) electrons. The van der Waals surface area contributed by atoms with Crippen molar-refractivity contribution in [2.75, 3.05) is 21.3 Å². The van der Waals surface area contributed by atoms with Crippen LogP contribution in [0.25, 0.3) is 5.76 Å². The Labute approximate surface area is 217 Å². The molecule has 1 fully saturated rings. The summed E-state index contributed by atoms with van der Waals surface area (Å²) in [6, 6.07) is 10.8. The zero-order valence-electron chi connectivity index (χ0n) is 19.9. The fourth-order valence-electron chi connectivity index (χ4n) is 4.16. The minimum absolute atomic E-state index is 0.00639. The van der Waals surface area contributed by atoms with Crippen molar-refractivity contribution < 1.29 is 33.3 Å². The first-order chi connectivity index (χ1) is 17.2. The molecule has 8 nitrogen and oxygen atoms in total. The molecule has 0 saturated carbocycles. The summed E-state index contributed by atoms with van der Waals surface area (Å²) >= 11 is 12.7. The van der Waals surface area contributed by atoms with Gasteiger partial charge in [0, 0.05) is 6.54 Å². The van der Waals surface area contributed by atoms with E-state index in [4.69, 9.17) is 41.8 Å². The van der Waals surface area contributed by atoms with Gasteiger partial charge in [-0.15, -0.1) is 0 Å². The summed E-state index contributed by atoms with van der Waals surface area (Å²) in [6.45, 7) is 1.82. The van der Waals surface area contributed by atoms with Crippen molar-refractivity contribution in [1.29, 1.82) is 0 Å². The molecule has 2 aromatic carbocycles. The Balaban J connectivity index is 1.89. The average Bonchev–Trinajstić information content (AvgIpc) is 3.40. The molecule has 2 heterocycles. The lowest BCUT2D eigenvalue weighted by Crippen LogP contribution is -2.29. The number of aryl methyl sites for hydroxylation is 1. The predicted molar refractivity (Wildman–Crippen MR) is 134 cm³/mol. The fraction of sp³-hybridized carbons (Fsp3) is 0.231. The van der Waals surface area contributed by atoms with E-state index in [-0.39, 0.29) is 39.2 Å². The SMILES string of the molecule is COc1ccc(CN2C(=O)C(=O)/C(=C(/O)c3cc(Cl)c(OC)c(Cl)c3OC)C2c2ccc(C)o2)cc1. The van der Waals surface area contributed by atoms with Crippen molar-refractivity contribution in [3.8, 4) is 17.2 Å². The van der Waals surface area contributed by atoms with Gasteiger partial charge in [0.05, 0.1) is 37.5 Å². The van der Waals surface area contributed by atoms with E-state index in [1.807, 2.05) is 0 Å². The first-order valence-corrected chi connectivity index (χ1v) is 11.5. The largest absolute Gasteiger partial charge is 0.507 e. The summed E-state index contributed by atoms with van der Waals surface area (Å²) in [5.74, 6) is -0.468. The predicted octanol–water partition coefficient (Wildman–Crippen LogP) is 5.54. The first kappa shape index (κ1) is 25.5. The number of nitrogens with zero attached hydrogens (tertiary/aromatic N) is 1. The minimum Gasteiger partial charge on any atom is -0.507 e. The third-order valence-electron chi connectivity index (χ3n) is 5.88. The summed E-state index contributed by atoms with van der Waals surface area (Å²) in [5.41, 5.74) is 0.599. The number of aliphatic hydroxyl groups excluding tert-OH is 1. The van der Waals surface area contributed by atoms with Crippen molar-refractivity contribution in [2.45, 2.75) is 19.5 Å². The van der Waals surface area contributed by atoms with Crippen LogP contribution in [-0.4, -0.2) is 43.0 Å². The minimum atomic E-state index is -1.01. The van der Waals surface area contributed by atoms with Gasteiger partial charge in [0.25, 0.3) is 11.7 Å². The van der Waals surface area contributed by atoms with E-state index >= 15 is 0 Å². The number of likely N-dealkylation sites (tertiary alicyclic amines) is 1. The van der Waals surface area contributed by atoms with Crippen LogP contribution in [0.4, 0.5) is 0 Å². The third kappa shape index (κ3) is 4.38. The molecular formula is C26H23Cl2NO7. The molecule has 1 amide bonds. The molecule has 0 bridgehead atoms. The van der Waals surface area contributed by atoms with Crippen molar-refractivity contribution in [3.63, 3.8) is 0 Å². The van der Waals surface area contributed by atoms with Crippen LogP contribution in [0, 0.1) is 6.92 Å². The average molecular weight is 532 g/mol. The van der Waals surface area contributed by atoms with E-state index in [9.17, 15) is 14.7 Å². The van der Waals surface area contributed by atoms with E-state index in [2.05, 4.69) is 0 Å². The number of amides is 1. The molecule has 4 rings (SSSR count). The summed E-state index contributed by atoms with van der Waals surface area (Å²) in [6.07, 6.45) is 0. The highest BCUT2D eigenvalue weighted by molar-refractivity contribution is 6.46. The normalized spacial score (nSPS) is 16.9. The van der Waals surface area contributed by atoms with Crippen molar-refractivity contribution >= 4 is 40.7 Å². The summed E-state index contributed by atoms with van der Waals surface area (Å²) in [4.78, 5) is 27.9. The molecule has 1 unspecified atom stereocenters. The Kier molecular flexibility index (Phi) is 7.19. The molecule has 1 atom stereocenters. The number of hydrogen-bond donors (Lipinski definition) is 1. The number of methoxy groups -OCH3 is 3. The molecule has 3 aromatic rings. The van der Waals surface area contributed by atoms with E-state index in [0.29, 0.717) is 17.3 Å². The number of carbonyl (C=O) groups excluding carboxylic acids is 2. The van der Waals surface area contributed by atoms with Gasteiger partial charge in [-0.1, -0.05) is 35.3 Å². The van der Waals surface area contributed by atoms with E-state index in [1.165, 1.54) is 25.2 Å². The maximum absolute atomic E-state index is 13.3. The highest BCUT2D eigenvalue weighted by Crippen LogP contribution is 2.47. The maximum Gasteiger partial charge on any atom is 0.296 e. The third-order valence-corrected chi connectivity index (χ3v) is 6.50. The topological polar surface area (TPSA) is 98.4 Å². The quantitative estimate of drug-likeness (QED) is 0.242. The lowest BCUT2D eigenvalue weighted by atomic mass is 9.98. The Hall–Kier alpha value is -3.62. The molecule has 36 heavy (non-hydrogen) atoms. The van der Waals surface area contributed by atoms with E-state index in [1.54, 1.807) is 50.4 Å². The van der Waals surface area contributed by atoms with Crippen LogP contribution in [0.2, 0.25) is 10.0 Å². The molecular weight excluding hydrogens is 509 g/mol. The van der Waals surface area contributed by atoms with Gasteiger partial charge in [0.1, 0.15) is 34.1 Å². The number of carbonyl (C=O) groups is 2. The molecule has 188 valence electrons. The fourth-order valence-corrected chi connectivity index (χ4v) is 4.85. The second-order valence-corrected chi connectivity index (χ2v) is 8.80. The van der Waals surface area contributed by atoms with Crippen LogP contribution in [0.15, 0.2) is 52.5 Å². The number of Topliss-reactive ketones (excluding diaryl/α,β-unsaturated/α-hetero) is 1. The number of hydrogen-bond acceptors (Lipinski definition) is 7. The zero-order valence-corrected chi connectivity index (χ0v) is 21.4. The molecule has 1 saturated heterocycles. The van der Waals surface area contributed by atoms with Crippen LogP contribution in [0.5, 0.6) is 17.2 Å². The van der Waals surface area contributed by atoms with Crippen LogP contribution in [0.1, 0.15) is 28.7 Å². The molecule has 0 aliphatic carbocycles. The lowest BCUT2D eigenvalue weighted by molar-refractivity contribution is -0.140. The van der Waals surface area contributed by atoms with Crippen LogP contribution in [0.3, 0.4) is 0 Å². The summed E-state index contributed by atoms with van der Waals surface area (Å²) < 4.78 is 21.6. The van der Waals surface area contributed by atoms with Crippen molar-refractivity contribution in [1.82, 2.24) is 4.90 Å². The molecule has 1 N–H and O–H groups in total. The molecule has 0 spiro atoms. The second kappa shape index (κ2) is 10.2. The highest BCUT2D eigenvalue weighted by atomic mass is 35.5. The monoisotopic (exact) mass is 531 g/mol. The Bertz CT molecular complexity index is 1360. The van der Waals surface area contributed by atoms with Crippen LogP contribution >= 0.6 is 23.2 Å².